The molecule has 0 saturated heterocycles. The SMILES string of the molecule is N#Cc1cccnc1NCCOC(=O)CNC(=O)CC1CCCCC1. The van der Waals surface area contributed by atoms with E-state index in [4.69, 9.17) is 10.00 Å². The van der Waals surface area contributed by atoms with Gasteiger partial charge in [0.2, 0.25) is 5.91 Å². The van der Waals surface area contributed by atoms with Crippen molar-refractivity contribution < 1.29 is 14.3 Å². The average Bonchev–Trinajstić information content (AvgIpc) is 2.64. The molecule has 1 aliphatic carbocycles. The molecular formula is C18H24N4O3. The summed E-state index contributed by atoms with van der Waals surface area (Å²) >= 11 is 0. The molecule has 0 aromatic carbocycles. The maximum absolute atomic E-state index is 11.8. The van der Waals surface area contributed by atoms with Crippen LogP contribution in [0.2, 0.25) is 0 Å². The molecule has 1 aromatic heterocycles. The van der Waals surface area contributed by atoms with Gasteiger partial charge in [0.1, 0.15) is 25.0 Å². The molecule has 1 aromatic rings. The molecular weight excluding hydrogens is 320 g/mol. The number of nitriles is 1. The molecule has 7 heteroatoms. The highest BCUT2D eigenvalue weighted by Gasteiger charge is 2.17. The van der Waals surface area contributed by atoms with Crippen LogP contribution in [0.4, 0.5) is 5.82 Å². The van der Waals surface area contributed by atoms with Gasteiger partial charge in [-0.15, -0.1) is 0 Å². The third kappa shape index (κ3) is 6.79. The number of rotatable bonds is 8. The Hall–Kier alpha value is -2.62. The number of aromatic nitrogens is 1. The molecule has 0 bridgehead atoms. The molecule has 25 heavy (non-hydrogen) atoms. The fourth-order valence-corrected chi connectivity index (χ4v) is 2.92. The van der Waals surface area contributed by atoms with Gasteiger partial charge < -0.3 is 15.4 Å². The predicted octanol–water partition coefficient (Wildman–Crippen LogP) is 1.99. The number of pyridine rings is 1. The zero-order chi connectivity index (χ0) is 17.9. The minimum absolute atomic E-state index is 0.0888. The Bertz CT molecular complexity index is 621. The number of nitrogens with zero attached hydrogens (tertiary/aromatic N) is 2. The molecule has 1 aliphatic rings. The van der Waals surface area contributed by atoms with E-state index in [-0.39, 0.29) is 19.1 Å². The lowest BCUT2D eigenvalue weighted by Gasteiger charge is -2.20. The zero-order valence-corrected chi connectivity index (χ0v) is 14.3. The number of nitrogens with one attached hydrogen (secondary N) is 2. The molecule has 134 valence electrons. The van der Waals surface area contributed by atoms with Crippen molar-refractivity contribution in [3.8, 4) is 6.07 Å². The lowest BCUT2D eigenvalue weighted by Crippen LogP contribution is -2.32. The second kappa shape index (κ2) is 10.3. The van der Waals surface area contributed by atoms with E-state index < -0.39 is 5.97 Å². The van der Waals surface area contributed by atoms with E-state index in [1.165, 1.54) is 19.3 Å². The van der Waals surface area contributed by atoms with Crippen molar-refractivity contribution in [2.45, 2.75) is 38.5 Å². The Kier molecular flexibility index (Phi) is 7.70. The minimum Gasteiger partial charge on any atom is -0.463 e. The summed E-state index contributed by atoms with van der Waals surface area (Å²) in [7, 11) is 0. The van der Waals surface area contributed by atoms with Gasteiger partial charge in [0.15, 0.2) is 0 Å². The van der Waals surface area contributed by atoms with Crippen molar-refractivity contribution in [3.05, 3.63) is 23.9 Å². The topological polar surface area (TPSA) is 104 Å². The first-order valence-electron chi connectivity index (χ1n) is 8.70. The molecule has 1 fully saturated rings. The van der Waals surface area contributed by atoms with Crippen molar-refractivity contribution in [2.75, 3.05) is 25.0 Å². The summed E-state index contributed by atoms with van der Waals surface area (Å²) in [5.74, 6) is 0.345. The van der Waals surface area contributed by atoms with E-state index in [0.29, 0.717) is 30.3 Å². The Morgan fingerprint density at radius 2 is 2.12 bits per heavy atom. The third-order valence-corrected chi connectivity index (χ3v) is 4.21. The third-order valence-electron chi connectivity index (χ3n) is 4.21. The van der Waals surface area contributed by atoms with Crippen LogP contribution in [0.1, 0.15) is 44.1 Å². The Labute approximate surface area is 147 Å². The Morgan fingerprint density at radius 1 is 1.32 bits per heavy atom. The van der Waals surface area contributed by atoms with Crippen molar-refractivity contribution in [2.24, 2.45) is 5.92 Å². The summed E-state index contributed by atoms with van der Waals surface area (Å²) in [6.45, 7) is 0.366. The number of carbonyl (C=O) groups excluding carboxylic acids is 2. The summed E-state index contributed by atoms with van der Waals surface area (Å²) in [5.41, 5.74) is 0.434. The molecule has 2 N–H and O–H groups in total. The van der Waals surface area contributed by atoms with E-state index in [1.54, 1.807) is 18.3 Å². The number of ether oxygens (including phenoxy) is 1. The van der Waals surface area contributed by atoms with Gasteiger partial charge in [0.05, 0.1) is 12.1 Å². The second-order valence-electron chi connectivity index (χ2n) is 6.14. The van der Waals surface area contributed by atoms with Crippen molar-refractivity contribution in [3.63, 3.8) is 0 Å². The van der Waals surface area contributed by atoms with Crippen LogP contribution in [-0.4, -0.2) is 36.6 Å². The highest BCUT2D eigenvalue weighted by atomic mass is 16.5. The van der Waals surface area contributed by atoms with Crippen LogP contribution in [-0.2, 0) is 14.3 Å². The van der Waals surface area contributed by atoms with E-state index >= 15 is 0 Å². The smallest absolute Gasteiger partial charge is 0.325 e. The Morgan fingerprint density at radius 3 is 2.88 bits per heavy atom. The molecule has 0 aliphatic heterocycles. The fourth-order valence-electron chi connectivity index (χ4n) is 2.92. The number of carbonyl (C=O) groups is 2. The van der Waals surface area contributed by atoms with Gasteiger partial charge in [0, 0.05) is 12.6 Å². The maximum Gasteiger partial charge on any atom is 0.325 e. The van der Waals surface area contributed by atoms with E-state index in [2.05, 4.69) is 15.6 Å². The lowest BCUT2D eigenvalue weighted by molar-refractivity contribution is -0.143. The molecule has 2 rings (SSSR count). The molecule has 1 heterocycles. The van der Waals surface area contributed by atoms with Gasteiger partial charge in [-0.05, 0) is 30.9 Å². The average molecular weight is 344 g/mol. The number of hydrogen-bond acceptors (Lipinski definition) is 6. The molecule has 7 nitrogen and oxygen atoms in total. The summed E-state index contributed by atoms with van der Waals surface area (Å²) < 4.78 is 5.05. The van der Waals surface area contributed by atoms with Crippen molar-refractivity contribution >= 4 is 17.7 Å². The number of hydrogen-bond donors (Lipinski definition) is 2. The predicted molar refractivity (Wildman–Crippen MR) is 92.6 cm³/mol. The minimum atomic E-state index is -0.472. The normalized spacial score (nSPS) is 14.4. The first-order valence-corrected chi connectivity index (χ1v) is 8.70. The van der Waals surface area contributed by atoms with Crippen LogP contribution in [0.5, 0.6) is 0 Å². The van der Waals surface area contributed by atoms with Crippen LogP contribution in [0.15, 0.2) is 18.3 Å². The molecule has 0 atom stereocenters. The summed E-state index contributed by atoms with van der Waals surface area (Å²) in [4.78, 5) is 27.5. The van der Waals surface area contributed by atoms with Gasteiger partial charge in [-0.3, -0.25) is 9.59 Å². The van der Waals surface area contributed by atoms with Crippen molar-refractivity contribution in [1.29, 1.82) is 5.26 Å². The lowest BCUT2D eigenvalue weighted by atomic mass is 9.87. The number of anilines is 1. The van der Waals surface area contributed by atoms with E-state index in [9.17, 15) is 9.59 Å². The van der Waals surface area contributed by atoms with Gasteiger partial charge in [-0.1, -0.05) is 19.3 Å². The highest BCUT2D eigenvalue weighted by Crippen LogP contribution is 2.25. The number of esters is 1. The van der Waals surface area contributed by atoms with Crippen LogP contribution in [0.3, 0.4) is 0 Å². The van der Waals surface area contributed by atoms with Crippen molar-refractivity contribution in [1.82, 2.24) is 10.3 Å². The van der Waals surface area contributed by atoms with Crippen LogP contribution in [0, 0.1) is 17.2 Å². The molecule has 1 amide bonds. The molecule has 0 spiro atoms. The van der Waals surface area contributed by atoms with Gasteiger partial charge >= 0.3 is 5.97 Å². The van der Waals surface area contributed by atoms with E-state index in [1.807, 2.05) is 6.07 Å². The van der Waals surface area contributed by atoms with Crippen LogP contribution >= 0.6 is 0 Å². The highest BCUT2D eigenvalue weighted by molar-refractivity contribution is 5.82. The standard InChI is InChI=1S/C18H24N4O3/c19-12-15-7-4-8-20-18(15)21-9-10-25-17(24)13-22-16(23)11-14-5-2-1-3-6-14/h4,7-8,14H,1-3,5-6,9-11,13H2,(H,20,21)(H,22,23). The largest absolute Gasteiger partial charge is 0.463 e. The summed E-state index contributed by atoms with van der Waals surface area (Å²) in [6, 6.07) is 5.37. The van der Waals surface area contributed by atoms with E-state index in [0.717, 1.165) is 12.8 Å². The van der Waals surface area contributed by atoms with Gasteiger partial charge in [-0.25, -0.2) is 4.98 Å². The summed E-state index contributed by atoms with van der Waals surface area (Å²) in [5, 5.41) is 14.5. The van der Waals surface area contributed by atoms with Crippen LogP contribution < -0.4 is 10.6 Å². The quantitative estimate of drug-likeness (QED) is 0.552. The van der Waals surface area contributed by atoms with Gasteiger partial charge in [-0.2, -0.15) is 5.26 Å². The molecule has 1 saturated carbocycles. The molecule has 0 radical (unpaired) electrons. The monoisotopic (exact) mass is 344 g/mol. The first kappa shape index (κ1) is 18.7. The summed E-state index contributed by atoms with van der Waals surface area (Å²) in [6.07, 6.45) is 7.91. The fraction of sp³-hybridized carbons (Fsp3) is 0.556. The number of amides is 1. The molecule has 0 unspecified atom stereocenters. The van der Waals surface area contributed by atoms with Gasteiger partial charge in [0.25, 0.3) is 0 Å². The maximum atomic E-state index is 11.8. The first-order chi connectivity index (χ1) is 12.2. The second-order valence-corrected chi connectivity index (χ2v) is 6.14. The zero-order valence-electron chi connectivity index (χ0n) is 14.3. The van der Waals surface area contributed by atoms with Crippen LogP contribution in [0.25, 0.3) is 0 Å². The Balaban J connectivity index is 1.57.